The Balaban J connectivity index is 0. The first-order chi connectivity index (χ1) is 18.1. The molecule has 0 aromatic rings. The van der Waals surface area contributed by atoms with Crippen LogP contribution in [0, 0.1) is 47.3 Å². The molecule has 0 atom stereocenters. The van der Waals surface area contributed by atoms with Crippen molar-refractivity contribution in [3.8, 4) is 0 Å². The fourth-order valence-electron chi connectivity index (χ4n) is 8.72. The van der Waals surface area contributed by atoms with E-state index in [-0.39, 0.29) is 21.9 Å². The Morgan fingerprint density at radius 2 is 0.732 bits per heavy atom. The Hall–Kier alpha value is -0.680. The second-order valence-electron chi connectivity index (χ2n) is 14.1. The molecule has 0 heterocycles. The minimum absolute atomic E-state index is 0. The average Bonchev–Trinajstić information content (AvgIpc) is 2.95. The summed E-state index contributed by atoms with van der Waals surface area (Å²) in [7, 11) is 0. The van der Waals surface area contributed by atoms with E-state index in [2.05, 4.69) is 52.0 Å². The summed E-state index contributed by atoms with van der Waals surface area (Å²) in [6, 6.07) is 0. The van der Waals surface area contributed by atoms with Gasteiger partial charge in [0, 0.05) is 0 Å². The van der Waals surface area contributed by atoms with Crippen molar-refractivity contribution in [2.75, 3.05) is 0 Å². The van der Waals surface area contributed by atoms with Crippen LogP contribution in [-0.4, -0.2) is 21.9 Å². The summed E-state index contributed by atoms with van der Waals surface area (Å²) in [6.07, 6.45) is 40.5. The monoisotopic (exact) mass is 583 g/mol. The molecule has 0 amide bonds. The Morgan fingerprint density at radius 1 is 0.439 bits per heavy atom. The highest BCUT2D eigenvalue weighted by atomic mass is 16.0. The van der Waals surface area contributed by atoms with Gasteiger partial charge in [-0.25, -0.2) is 0 Å². The third-order valence-corrected chi connectivity index (χ3v) is 11.6. The number of allylic oxidation sites excluding steroid dienone is 4. The smallest absolute Gasteiger partial charge is 0.0348 e. The van der Waals surface area contributed by atoms with Crippen LogP contribution in [0.1, 0.15) is 163 Å². The van der Waals surface area contributed by atoms with E-state index in [1.54, 1.807) is 38.5 Å². The van der Waals surface area contributed by atoms with Gasteiger partial charge < -0.3 is 21.9 Å². The maximum Gasteiger partial charge on any atom is -0.0348 e. The molecule has 4 rings (SSSR count). The van der Waals surface area contributed by atoms with E-state index in [0.29, 0.717) is 0 Å². The molecular weight excluding hydrogens is 508 g/mol. The lowest BCUT2D eigenvalue weighted by molar-refractivity contribution is 0.143. The molecule has 246 valence electrons. The summed E-state index contributed by atoms with van der Waals surface area (Å²) in [4.78, 5) is 0. The summed E-state index contributed by atoms with van der Waals surface area (Å²) in [6.45, 7) is 9.10. The van der Waals surface area contributed by atoms with E-state index < -0.39 is 0 Å². The van der Waals surface area contributed by atoms with Crippen LogP contribution in [0.4, 0.5) is 0 Å². The third kappa shape index (κ3) is 15.6. The van der Waals surface area contributed by atoms with Crippen LogP contribution in [0.5, 0.6) is 0 Å². The van der Waals surface area contributed by atoms with Crippen LogP contribution in [0.25, 0.3) is 0 Å². The summed E-state index contributed by atoms with van der Waals surface area (Å²) >= 11 is 0. The zero-order valence-electron chi connectivity index (χ0n) is 27.8. The van der Waals surface area contributed by atoms with Gasteiger partial charge in [-0.15, -0.1) is 0 Å². The van der Waals surface area contributed by atoms with Crippen LogP contribution in [0.15, 0.2) is 24.3 Å². The zero-order chi connectivity index (χ0) is 26.3. The van der Waals surface area contributed by atoms with Gasteiger partial charge >= 0.3 is 0 Å². The summed E-state index contributed by atoms with van der Waals surface area (Å²) in [5.74, 6) is 8.54. The van der Waals surface area contributed by atoms with Gasteiger partial charge in [0.15, 0.2) is 0 Å². The molecule has 4 heteroatoms. The van der Waals surface area contributed by atoms with E-state index in [1.165, 1.54) is 96.3 Å². The van der Waals surface area contributed by atoms with Crippen LogP contribution >= 0.6 is 0 Å². The van der Waals surface area contributed by atoms with Crippen LogP contribution < -0.4 is 0 Å². The minimum Gasteiger partial charge on any atom is -0.412 e. The maximum absolute atomic E-state index is 2.44. The number of hydrogen-bond acceptors (Lipinski definition) is 0. The Morgan fingerprint density at radius 3 is 1.02 bits per heavy atom. The van der Waals surface area contributed by atoms with E-state index in [9.17, 15) is 0 Å². The topological polar surface area (TPSA) is 126 Å². The van der Waals surface area contributed by atoms with E-state index in [1.807, 2.05) is 0 Å². The van der Waals surface area contributed by atoms with Crippen molar-refractivity contribution in [1.29, 1.82) is 0 Å². The molecule has 0 aromatic heterocycles. The maximum atomic E-state index is 2.44. The molecule has 4 aliphatic rings. The molecule has 0 spiro atoms. The van der Waals surface area contributed by atoms with Gasteiger partial charge in [0.2, 0.25) is 0 Å². The highest BCUT2D eigenvalue weighted by Gasteiger charge is 2.31. The zero-order valence-corrected chi connectivity index (χ0v) is 27.8. The molecule has 41 heavy (non-hydrogen) atoms. The van der Waals surface area contributed by atoms with Crippen LogP contribution in [-0.2, 0) is 0 Å². The lowest BCUT2D eigenvalue weighted by atomic mass is 9.68. The van der Waals surface area contributed by atoms with Gasteiger partial charge in [-0.1, -0.05) is 95.9 Å². The molecule has 8 N–H and O–H groups in total. The molecule has 4 fully saturated rings. The quantitative estimate of drug-likeness (QED) is 0.240. The normalized spacial score (nSPS) is 33.8. The van der Waals surface area contributed by atoms with E-state index in [0.717, 1.165) is 47.3 Å². The lowest BCUT2D eigenvalue weighted by Gasteiger charge is -2.37. The molecule has 0 saturated heterocycles. The van der Waals surface area contributed by atoms with Crippen molar-refractivity contribution >= 4 is 0 Å². The summed E-state index contributed by atoms with van der Waals surface area (Å²) in [5, 5.41) is 0. The first-order valence-electron chi connectivity index (χ1n) is 17.3. The summed E-state index contributed by atoms with van der Waals surface area (Å²) in [5.41, 5.74) is 0. The number of hydrogen-bond donors (Lipinski definition) is 0. The molecule has 0 radical (unpaired) electrons. The fourth-order valence-corrected chi connectivity index (χ4v) is 8.72. The molecule has 0 unspecified atom stereocenters. The van der Waals surface area contributed by atoms with Crippen molar-refractivity contribution < 1.29 is 21.9 Å². The van der Waals surface area contributed by atoms with Gasteiger partial charge in [0.1, 0.15) is 0 Å². The molecule has 4 saturated carbocycles. The lowest BCUT2D eigenvalue weighted by Crippen LogP contribution is -2.25. The highest BCUT2D eigenvalue weighted by Crippen LogP contribution is 2.43. The Bertz CT molecular complexity index is 615. The van der Waals surface area contributed by atoms with Crippen LogP contribution in [0.2, 0.25) is 0 Å². The highest BCUT2D eigenvalue weighted by molar-refractivity contribution is 4.85. The average molecular weight is 583 g/mol. The molecule has 4 nitrogen and oxygen atoms in total. The van der Waals surface area contributed by atoms with Gasteiger partial charge in [0.05, 0.1) is 0 Å². The summed E-state index contributed by atoms with van der Waals surface area (Å²) < 4.78 is 0. The second kappa shape index (κ2) is 24.7. The van der Waals surface area contributed by atoms with Crippen molar-refractivity contribution in [3.63, 3.8) is 0 Å². The van der Waals surface area contributed by atoms with Crippen molar-refractivity contribution in [1.82, 2.24) is 0 Å². The Kier molecular flexibility index (Phi) is 25.6. The van der Waals surface area contributed by atoms with Gasteiger partial charge in [-0.3, -0.25) is 0 Å². The van der Waals surface area contributed by atoms with Crippen molar-refractivity contribution in [3.05, 3.63) is 24.3 Å². The first-order valence-corrected chi connectivity index (χ1v) is 17.3. The van der Waals surface area contributed by atoms with E-state index in [4.69, 9.17) is 0 Å². The third-order valence-electron chi connectivity index (χ3n) is 11.6. The molecular formula is C37H74O4. The molecule has 0 bridgehead atoms. The standard InChI is InChI=1S/C19H34.C18H32.4H2O/c1-3-5-6-7-17-10-14-19(15-11-17)18-12-8-16(4-2)9-13-18;1-3-4-5-6-16-9-13-18(14-10-16)17-11-7-15(2)8-12-17;;;;/h3,5,16-19H,4,6-15H2,1-2H3;3-4,15-18H,5-14H2,1-2H3;4*1H2/b5-3+;4-3+;;;;. The predicted molar refractivity (Wildman–Crippen MR) is 180 cm³/mol. The van der Waals surface area contributed by atoms with Gasteiger partial charge in [0.25, 0.3) is 0 Å². The van der Waals surface area contributed by atoms with Gasteiger partial charge in [-0.05, 0) is 138 Å². The van der Waals surface area contributed by atoms with Crippen molar-refractivity contribution in [2.24, 2.45) is 47.3 Å². The molecule has 0 aliphatic heterocycles. The molecule has 0 aromatic carbocycles. The van der Waals surface area contributed by atoms with Gasteiger partial charge in [-0.2, -0.15) is 0 Å². The first kappa shape index (κ1) is 42.5. The molecule has 4 aliphatic carbocycles. The van der Waals surface area contributed by atoms with Crippen LogP contribution in [0.3, 0.4) is 0 Å². The van der Waals surface area contributed by atoms with Crippen molar-refractivity contribution in [2.45, 2.75) is 163 Å². The Labute approximate surface area is 255 Å². The largest absolute Gasteiger partial charge is 0.412 e. The SMILES string of the molecule is C/C=C/CCC1CCC(C2CCC(C)CC2)CC1.C/C=C/CCC1CCC(C2CCC(CC)CC2)CC1.O.O.O.O. The minimum atomic E-state index is 0. The second-order valence-corrected chi connectivity index (χ2v) is 14.1. The number of rotatable bonds is 9. The fraction of sp³-hybridized carbons (Fsp3) is 0.892. The van der Waals surface area contributed by atoms with E-state index >= 15 is 0 Å². The predicted octanol–water partition coefficient (Wildman–Crippen LogP) is 9.04.